The molecular weight excluding hydrogens is 348 g/mol. The van der Waals surface area contributed by atoms with Gasteiger partial charge in [0.05, 0.1) is 17.9 Å². The molecule has 142 valence electrons. The van der Waals surface area contributed by atoms with Crippen LogP contribution in [-0.2, 0) is 27.4 Å². The third kappa shape index (κ3) is 4.19. The number of carbonyl (C=O) groups excluding carboxylic acids is 1. The Bertz CT molecular complexity index is 837. The van der Waals surface area contributed by atoms with Crippen molar-refractivity contribution < 1.29 is 24.2 Å². The number of aliphatic carboxylic acids is 1. The second-order valence-electron chi connectivity index (χ2n) is 6.67. The number of nitrogen functional groups attached to an aromatic ring is 1. The molecule has 1 aromatic carbocycles. The van der Waals surface area contributed by atoms with Crippen LogP contribution in [-0.4, -0.2) is 28.6 Å². The maximum Gasteiger partial charge on any atom is 0.313 e. The van der Waals surface area contributed by atoms with Gasteiger partial charge in [-0.1, -0.05) is 12.1 Å². The lowest BCUT2D eigenvalue weighted by molar-refractivity contribution is -0.153. The van der Waals surface area contributed by atoms with Gasteiger partial charge >= 0.3 is 11.9 Å². The molecule has 0 spiro atoms. The van der Waals surface area contributed by atoms with Gasteiger partial charge in [0.25, 0.3) is 0 Å². The fourth-order valence-electron chi connectivity index (χ4n) is 3.22. The van der Waals surface area contributed by atoms with Crippen LogP contribution in [0.4, 0.5) is 5.82 Å². The number of ether oxygens (including phenoxy) is 2. The van der Waals surface area contributed by atoms with E-state index in [1.54, 1.807) is 31.3 Å². The van der Waals surface area contributed by atoms with Gasteiger partial charge in [-0.25, -0.2) is 4.98 Å². The van der Waals surface area contributed by atoms with Gasteiger partial charge in [0.15, 0.2) is 0 Å². The molecule has 1 aliphatic rings. The number of nitrogens with zero attached hydrogens (tertiary/aromatic N) is 1. The number of rotatable bonds is 8. The molecule has 0 amide bonds. The first-order valence-electron chi connectivity index (χ1n) is 8.77. The van der Waals surface area contributed by atoms with Gasteiger partial charge in [-0.3, -0.25) is 9.59 Å². The summed E-state index contributed by atoms with van der Waals surface area (Å²) in [6, 6.07) is 10.9. The number of aromatic nitrogens is 1. The molecule has 0 aliphatic heterocycles. The Hall–Kier alpha value is -3.09. The summed E-state index contributed by atoms with van der Waals surface area (Å²) >= 11 is 0. The van der Waals surface area contributed by atoms with Gasteiger partial charge in [-0.05, 0) is 55.2 Å². The highest BCUT2D eigenvalue weighted by atomic mass is 16.5. The third-order valence-corrected chi connectivity index (χ3v) is 4.75. The van der Waals surface area contributed by atoms with Gasteiger partial charge in [-0.2, -0.15) is 0 Å². The molecule has 3 N–H and O–H groups in total. The average molecular weight is 370 g/mol. The van der Waals surface area contributed by atoms with E-state index in [-0.39, 0.29) is 6.61 Å². The van der Waals surface area contributed by atoms with Crippen LogP contribution < -0.4 is 10.5 Å². The molecular formula is C20H22N2O5. The lowest BCUT2D eigenvalue weighted by atomic mass is 9.94. The van der Waals surface area contributed by atoms with Crippen molar-refractivity contribution in [3.8, 4) is 5.75 Å². The van der Waals surface area contributed by atoms with Crippen molar-refractivity contribution in [2.45, 2.75) is 26.4 Å². The molecule has 0 bridgehead atoms. The van der Waals surface area contributed by atoms with Gasteiger partial charge in [0.1, 0.15) is 18.2 Å². The molecule has 2 atom stereocenters. The van der Waals surface area contributed by atoms with Crippen molar-refractivity contribution in [2.24, 2.45) is 11.3 Å². The van der Waals surface area contributed by atoms with Crippen molar-refractivity contribution in [1.29, 1.82) is 0 Å². The number of esters is 1. The number of benzene rings is 1. The number of pyridine rings is 1. The molecule has 0 saturated heterocycles. The monoisotopic (exact) mass is 370 g/mol. The first kappa shape index (κ1) is 18.7. The normalized spacial score (nSPS) is 20.7. The zero-order valence-corrected chi connectivity index (χ0v) is 15.1. The minimum absolute atomic E-state index is 0.235. The SMILES string of the molecule is CCOC(=O)C1(Cc2ccc(OCc3ccnc(N)c3)cc2)CC1C(=O)O. The van der Waals surface area contributed by atoms with Gasteiger partial charge in [-0.15, -0.1) is 0 Å². The highest BCUT2D eigenvalue weighted by Crippen LogP contribution is 2.56. The number of hydrogen-bond donors (Lipinski definition) is 2. The van der Waals surface area contributed by atoms with Crippen LogP contribution in [0.25, 0.3) is 0 Å². The lowest BCUT2D eigenvalue weighted by Crippen LogP contribution is -2.26. The summed E-state index contributed by atoms with van der Waals surface area (Å²) in [4.78, 5) is 27.5. The van der Waals surface area contributed by atoms with Crippen LogP contribution in [0.1, 0.15) is 24.5 Å². The van der Waals surface area contributed by atoms with E-state index in [2.05, 4.69) is 4.98 Å². The van der Waals surface area contributed by atoms with E-state index in [0.29, 0.717) is 31.0 Å². The molecule has 7 heteroatoms. The molecule has 1 saturated carbocycles. The Balaban J connectivity index is 1.64. The largest absolute Gasteiger partial charge is 0.489 e. The van der Waals surface area contributed by atoms with E-state index in [1.807, 2.05) is 18.2 Å². The Labute approximate surface area is 157 Å². The number of carboxylic acid groups (broad SMARTS) is 1. The highest BCUT2D eigenvalue weighted by Gasteiger charge is 2.64. The lowest BCUT2D eigenvalue weighted by Gasteiger charge is -2.15. The zero-order valence-electron chi connectivity index (χ0n) is 15.1. The molecule has 1 aliphatic carbocycles. The standard InChI is InChI=1S/C20H22N2O5/c1-2-26-19(25)20(11-16(20)18(23)24)10-13-3-5-15(6-4-13)27-12-14-7-8-22-17(21)9-14/h3-9,16H,2,10-12H2,1H3,(H2,21,22)(H,23,24). The molecule has 1 fully saturated rings. The van der Waals surface area contributed by atoms with Crippen molar-refractivity contribution in [3.05, 3.63) is 53.7 Å². The minimum atomic E-state index is -0.960. The predicted octanol–water partition coefficient (Wildman–Crippen LogP) is 2.44. The zero-order chi connectivity index (χ0) is 19.4. The van der Waals surface area contributed by atoms with Crippen molar-refractivity contribution in [2.75, 3.05) is 12.3 Å². The summed E-state index contributed by atoms with van der Waals surface area (Å²) < 4.78 is 10.8. The summed E-state index contributed by atoms with van der Waals surface area (Å²) in [5.74, 6) is -0.977. The Morgan fingerprint density at radius 1 is 1.26 bits per heavy atom. The van der Waals surface area contributed by atoms with E-state index in [1.165, 1.54) is 0 Å². The van der Waals surface area contributed by atoms with E-state index >= 15 is 0 Å². The smallest absolute Gasteiger partial charge is 0.313 e. The first-order valence-corrected chi connectivity index (χ1v) is 8.77. The van der Waals surface area contributed by atoms with E-state index < -0.39 is 23.3 Å². The van der Waals surface area contributed by atoms with Gasteiger partial charge in [0, 0.05) is 6.20 Å². The summed E-state index contributed by atoms with van der Waals surface area (Å²) in [6.45, 7) is 2.31. The number of anilines is 1. The summed E-state index contributed by atoms with van der Waals surface area (Å²) in [6.07, 6.45) is 2.27. The van der Waals surface area contributed by atoms with Crippen LogP contribution in [0.5, 0.6) is 5.75 Å². The first-order chi connectivity index (χ1) is 12.9. The van der Waals surface area contributed by atoms with Crippen molar-refractivity contribution >= 4 is 17.8 Å². The van der Waals surface area contributed by atoms with Crippen LogP contribution >= 0.6 is 0 Å². The fourth-order valence-corrected chi connectivity index (χ4v) is 3.22. The van der Waals surface area contributed by atoms with Crippen molar-refractivity contribution in [3.63, 3.8) is 0 Å². The maximum atomic E-state index is 12.3. The number of carbonyl (C=O) groups is 2. The van der Waals surface area contributed by atoms with E-state index in [0.717, 1.165) is 11.1 Å². The Kier molecular flexibility index (Phi) is 5.30. The quantitative estimate of drug-likeness (QED) is 0.686. The molecule has 27 heavy (non-hydrogen) atoms. The number of carboxylic acids is 1. The predicted molar refractivity (Wildman–Crippen MR) is 97.9 cm³/mol. The summed E-state index contributed by atoms with van der Waals surface area (Å²) in [7, 11) is 0. The molecule has 1 aromatic heterocycles. The molecule has 2 unspecified atom stereocenters. The minimum Gasteiger partial charge on any atom is -0.489 e. The van der Waals surface area contributed by atoms with E-state index in [9.17, 15) is 14.7 Å². The van der Waals surface area contributed by atoms with Crippen LogP contribution in [0.2, 0.25) is 0 Å². The van der Waals surface area contributed by atoms with Crippen LogP contribution in [0, 0.1) is 11.3 Å². The van der Waals surface area contributed by atoms with Crippen molar-refractivity contribution in [1.82, 2.24) is 4.98 Å². The average Bonchev–Trinajstić information content (AvgIpc) is 3.37. The Morgan fingerprint density at radius 3 is 2.59 bits per heavy atom. The molecule has 3 rings (SSSR count). The molecule has 2 aromatic rings. The molecule has 7 nitrogen and oxygen atoms in total. The molecule has 1 heterocycles. The summed E-state index contributed by atoms with van der Waals surface area (Å²) in [5.41, 5.74) is 6.46. The van der Waals surface area contributed by atoms with Gasteiger partial charge < -0.3 is 20.3 Å². The fraction of sp³-hybridized carbons (Fsp3) is 0.350. The van der Waals surface area contributed by atoms with Crippen LogP contribution in [0.3, 0.4) is 0 Å². The van der Waals surface area contributed by atoms with Gasteiger partial charge in [0.2, 0.25) is 0 Å². The second kappa shape index (κ2) is 7.65. The summed E-state index contributed by atoms with van der Waals surface area (Å²) in [5, 5.41) is 9.28. The Morgan fingerprint density at radius 2 is 2.00 bits per heavy atom. The third-order valence-electron chi connectivity index (χ3n) is 4.75. The molecule has 0 radical (unpaired) electrons. The topological polar surface area (TPSA) is 112 Å². The second-order valence-corrected chi connectivity index (χ2v) is 6.67. The maximum absolute atomic E-state index is 12.3. The number of hydrogen-bond acceptors (Lipinski definition) is 6. The highest BCUT2D eigenvalue weighted by molar-refractivity contribution is 5.90. The van der Waals surface area contributed by atoms with E-state index in [4.69, 9.17) is 15.2 Å². The van der Waals surface area contributed by atoms with Crippen LogP contribution in [0.15, 0.2) is 42.6 Å². The number of nitrogens with two attached hydrogens (primary N) is 1.